The molecule has 0 atom stereocenters. The zero-order chi connectivity index (χ0) is 15.1. The van der Waals surface area contributed by atoms with Crippen molar-refractivity contribution < 1.29 is 19.0 Å². The van der Waals surface area contributed by atoms with E-state index in [1.807, 2.05) is 37.3 Å². The molecule has 2 aromatic carbocycles. The molecule has 0 radical (unpaired) electrons. The number of esters is 1. The van der Waals surface area contributed by atoms with Crippen molar-refractivity contribution >= 4 is 5.97 Å². The van der Waals surface area contributed by atoms with Crippen molar-refractivity contribution in [1.82, 2.24) is 0 Å². The monoisotopic (exact) mass is 286 g/mol. The zero-order valence-electron chi connectivity index (χ0n) is 12.2. The van der Waals surface area contributed by atoms with Crippen LogP contribution in [-0.2, 0) is 11.3 Å². The molecule has 0 bridgehead atoms. The fourth-order valence-electron chi connectivity index (χ4n) is 1.87. The lowest BCUT2D eigenvalue weighted by Gasteiger charge is -2.10. The Bertz CT molecular complexity index is 590. The van der Waals surface area contributed by atoms with Crippen LogP contribution in [0.2, 0.25) is 0 Å². The summed E-state index contributed by atoms with van der Waals surface area (Å²) in [7, 11) is 1.61. The van der Waals surface area contributed by atoms with E-state index in [9.17, 15) is 4.79 Å². The van der Waals surface area contributed by atoms with Gasteiger partial charge in [0.05, 0.1) is 13.7 Å². The lowest BCUT2D eigenvalue weighted by atomic mass is 10.2. The molecule has 0 saturated heterocycles. The van der Waals surface area contributed by atoms with Crippen LogP contribution in [0.1, 0.15) is 22.8 Å². The first kappa shape index (κ1) is 14.9. The molecular weight excluding hydrogens is 268 g/mol. The third kappa shape index (κ3) is 3.99. The predicted octanol–water partition coefficient (Wildman–Crippen LogP) is 3.45. The summed E-state index contributed by atoms with van der Waals surface area (Å²) in [6.45, 7) is 2.59. The van der Waals surface area contributed by atoms with Gasteiger partial charge in [-0.1, -0.05) is 24.3 Å². The molecule has 0 aliphatic rings. The van der Waals surface area contributed by atoms with Gasteiger partial charge in [0, 0.05) is 0 Å². The number of ether oxygens (including phenoxy) is 3. The Kier molecular flexibility index (Phi) is 5.21. The maximum atomic E-state index is 12.1. The Labute approximate surface area is 124 Å². The van der Waals surface area contributed by atoms with Gasteiger partial charge in [0.2, 0.25) is 0 Å². The highest BCUT2D eigenvalue weighted by Gasteiger charge is 2.13. The highest BCUT2D eigenvalue weighted by molar-refractivity contribution is 5.92. The summed E-state index contributed by atoms with van der Waals surface area (Å²) in [6, 6.07) is 14.4. The molecule has 0 amide bonds. The van der Waals surface area contributed by atoms with Crippen molar-refractivity contribution in [3.05, 3.63) is 59.7 Å². The molecule has 0 fully saturated rings. The summed E-state index contributed by atoms with van der Waals surface area (Å²) in [6.07, 6.45) is 0. The second-order valence-corrected chi connectivity index (χ2v) is 4.35. The van der Waals surface area contributed by atoms with E-state index in [1.54, 1.807) is 25.3 Å². The van der Waals surface area contributed by atoms with E-state index in [1.165, 1.54) is 0 Å². The number of benzene rings is 2. The van der Waals surface area contributed by atoms with Crippen LogP contribution < -0.4 is 9.47 Å². The first-order valence-corrected chi connectivity index (χ1v) is 6.76. The summed E-state index contributed by atoms with van der Waals surface area (Å²) in [5.74, 6) is 0.918. The third-order valence-electron chi connectivity index (χ3n) is 2.94. The number of para-hydroxylation sites is 1. The fraction of sp³-hybridized carbons (Fsp3) is 0.235. The van der Waals surface area contributed by atoms with Gasteiger partial charge in [-0.2, -0.15) is 0 Å². The van der Waals surface area contributed by atoms with Crippen LogP contribution in [0.15, 0.2) is 48.5 Å². The number of carbonyl (C=O) groups is 1. The van der Waals surface area contributed by atoms with Crippen molar-refractivity contribution in [2.45, 2.75) is 13.5 Å². The standard InChI is InChI=1S/C17H18O4/c1-3-20-16-7-5-4-6-15(16)17(18)21-12-13-8-10-14(19-2)11-9-13/h4-11H,3,12H2,1-2H3. The normalized spacial score (nSPS) is 10.0. The summed E-state index contributed by atoms with van der Waals surface area (Å²) in [5.41, 5.74) is 1.34. The molecule has 21 heavy (non-hydrogen) atoms. The number of carbonyl (C=O) groups excluding carboxylic acids is 1. The predicted molar refractivity (Wildman–Crippen MR) is 79.7 cm³/mol. The Morgan fingerprint density at radius 1 is 1.05 bits per heavy atom. The second kappa shape index (κ2) is 7.33. The molecule has 0 aliphatic heterocycles. The largest absolute Gasteiger partial charge is 0.497 e. The maximum Gasteiger partial charge on any atom is 0.342 e. The fourth-order valence-corrected chi connectivity index (χ4v) is 1.87. The van der Waals surface area contributed by atoms with E-state index >= 15 is 0 Å². The van der Waals surface area contributed by atoms with Crippen molar-refractivity contribution in [3.8, 4) is 11.5 Å². The molecule has 4 heteroatoms. The SMILES string of the molecule is CCOc1ccccc1C(=O)OCc1ccc(OC)cc1. The maximum absolute atomic E-state index is 12.1. The van der Waals surface area contributed by atoms with Gasteiger partial charge in [-0.05, 0) is 36.8 Å². The molecule has 0 N–H and O–H groups in total. The Morgan fingerprint density at radius 2 is 1.76 bits per heavy atom. The molecular formula is C17H18O4. The van der Waals surface area contributed by atoms with Crippen LogP contribution in [-0.4, -0.2) is 19.7 Å². The molecule has 0 saturated carbocycles. The van der Waals surface area contributed by atoms with Gasteiger partial charge in [0.1, 0.15) is 23.7 Å². The highest BCUT2D eigenvalue weighted by atomic mass is 16.5. The van der Waals surface area contributed by atoms with Crippen molar-refractivity contribution in [3.63, 3.8) is 0 Å². The second-order valence-electron chi connectivity index (χ2n) is 4.35. The quantitative estimate of drug-likeness (QED) is 0.763. The third-order valence-corrected chi connectivity index (χ3v) is 2.94. The van der Waals surface area contributed by atoms with Crippen LogP contribution in [0.5, 0.6) is 11.5 Å². The molecule has 110 valence electrons. The van der Waals surface area contributed by atoms with Crippen molar-refractivity contribution in [1.29, 1.82) is 0 Å². The topological polar surface area (TPSA) is 44.8 Å². The first-order valence-electron chi connectivity index (χ1n) is 6.76. The summed E-state index contributed by atoms with van der Waals surface area (Å²) < 4.78 is 15.8. The summed E-state index contributed by atoms with van der Waals surface area (Å²) in [5, 5.41) is 0. The molecule has 0 aromatic heterocycles. The number of rotatable bonds is 6. The first-order chi connectivity index (χ1) is 10.2. The van der Waals surface area contributed by atoms with Crippen LogP contribution in [0.4, 0.5) is 0 Å². The van der Waals surface area contributed by atoms with Crippen molar-refractivity contribution in [2.75, 3.05) is 13.7 Å². The highest BCUT2D eigenvalue weighted by Crippen LogP contribution is 2.20. The molecule has 0 spiro atoms. The minimum atomic E-state index is -0.394. The van der Waals surface area contributed by atoms with E-state index in [-0.39, 0.29) is 6.61 Å². The van der Waals surface area contributed by atoms with Crippen molar-refractivity contribution in [2.24, 2.45) is 0 Å². The lowest BCUT2D eigenvalue weighted by Crippen LogP contribution is -2.08. The Morgan fingerprint density at radius 3 is 2.43 bits per heavy atom. The Balaban J connectivity index is 2.01. The van der Waals surface area contributed by atoms with E-state index in [0.717, 1.165) is 11.3 Å². The van der Waals surface area contributed by atoms with E-state index in [2.05, 4.69) is 0 Å². The Hall–Kier alpha value is -2.49. The minimum Gasteiger partial charge on any atom is -0.497 e. The molecule has 0 aliphatic carbocycles. The number of methoxy groups -OCH3 is 1. The average Bonchev–Trinajstić information content (AvgIpc) is 2.54. The van der Waals surface area contributed by atoms with Gasteiger partial charge in [0.15, 0.2) is 0 Å². The average molecular weight is 286 g/mol. The lowest BCUT2D eigenvalue weighted by molar-refractivity contribution is 0.0468. The van der Waals surface area contributed by atoms with Gasteiger partial charge in [-0.3, -0.25) is 0 Å². The van der Waals surface area contributed by atoms with Crippen LogP contribution in [0, 0.1) is 0 Å². The molecule has 0 unspecified atom stereocenters. The van der Waals surface area contributed by atoms with Gasteiger partial charge in [0.25, 0.3) is 0 Å². The summed E-state index contributed by atoms with van der Waals surface area (Å²) in [4.78, 5) is 12.1. The molecule has 2 rings (SSSR count). The van der Waals surface area contributed by atoms with E-state index in [4.69, 9.17) is 14.2 Å². The molecule has 0 heterocycles. The zero-order valence-corrected chi connectivity index (χ0v) is 12.2. The van der Waals surface area contributed by atoms with Crippen LogP contribution in [0.25, 0.3) is 0 Å². The van der Waals surface area contributed by atoms with Gasteiger partial charge in [-0.25, -0.2) is 4.79 Å². The smallest absolute Gasteiger partial charge is 0.342 e. The van der Waals surface area contributed by atoms with Gasteiger partial charge < -0.3 is 14.2 Å². The molecule has 2 aromatic rings. The van der Waals surface area contributed by atoms with E-state index < -0.39 is 5.97 Å². The number of hydrogen-bond donors (Lipinski definition) is 0. The van der Waals surface area contributed by atoms with Crippen LogP contribution in [0.3, 0.4) is 0 Å². The van der Waals surface area contributed by atoms with Gasteiger partial charge >= 0.3 is 5.97 Å². The number of hydrogen-bond acceptors (Lipinski definition) is 4. The van der Waals surface area contributed by atoms with Gasteiger partial charge in [-0.15, -0.1) is 0 Å². The van der Waals surface area contributed by atoms with Crippen LogP contribution >= 0.6 is 0 Å². The minimum absolute atomic E-state index is 0.212. The van der Waals surface area contributed by atoms with E-state index in [0.29, 0.717) is 17.9 Å². The summed E-state index contributed by atoms with van der Waals surface area (Å²) >= 11 is 0. The molecule has 4 nitrogen and oxygen atoms in total.